The van der Waals surface area contributed by atoms with E-state index in [1.54, 1.807) is 0 Å². The third-order valence-corrected chi connectivity index (χ3v) is 7.72. The Hall–Kier alpha value is 0.250. The zero-order valence-electron chi connectivity index (χ0n) is 25.6. The summed E-state index contributed by atoms with van der Waals surface area (Å²) in [5.41, 5.74) is 6.05. The number of halogens is 1. The van der Waals surface area contributed by atoms with Crippen LogP contribution in [0.25, 0.3) is 0 Å². The smallest absolute Gasteiger partial charge is 0.00773 e. The fraction of sp³-hybridized carbons (Fsp3) is 1.00. The second-order valence-electron chi connectivity index (χ2n) is 11.8. The van der Waals surface area contributed by atoms with E-state index in [1.165, 1.54) is 167 Å². The summed E-state index contributed by atoms with van der Waals surface area (Å²) < 4.78 is 0. The van der Waals surface area contributed by atoms with Gasteiger partial charge in [0, 0.05) is 0 Å². The van der Waals surface area contributed by atoms with E-state index in [0.717, 1.165) is 6.54 Å². The maximum Gasteiger partial charge on any atom is -0.00773 e. The van der Waals surface area contributed by atoms with Gasteiger partial charge >= 0.3 is 0 Å². The molecule has 0 unspecified atom stereocenters. The predicted octanol–water partition coefficient (Wildman–Crippen LogP) is 12.6. The maximum absolute atomic E-state index is 5.47. The molecule has 0 rings (SSSR count). The number of hydrogen-bond donors (Lipinski definition) is 1. The molecule has 0 aliphatic rings. The molecule has 0 aliphatic heterocycles. The van der Waals surface area contributed by atoms with Gasteiger partial charge < -0.3 is 5.73 Å². The van der Waals surface area contributed by atoms with E-state index in [9.17, 15) is 0 Å². The van der Waals surface area contributed by atoms with Crippen LogP contribution in [0.5, 0.6) is 0 Å². The minimum absolute atomic E-state index is 0. The van der Waals surface area contributed by atoms with Gasteiger partial charge in [0.15, 0.2) is 0 Å². The highest BCUT2D eigenvalue weighted by atomic mass is 35.5. The predicted molar refractivity (Wildman–Crippen MR) is 167 cm³/mol. The van der Waals surface area contributed by atoms with Crippen LogP contribution in [-0.4, -0.2) is 6.54 Å². The minimum atomic E-state index is 0. The van der Waals surface area contributed by atoms with Gasteiger partial charge in [-0.25, -0.2) is 0 Å². The van der Waals surface area contributed by atoms with Crippen molar-refractivity contribution in [2.24, 2.45) is 11.1 Å². The topological polar surface area (TPSA) is 26.0 Å². The van der Waals surface area contributed by atoms with Crippen LogP contribution in [0.1, 0.15) is 202 Å². The van der Waals surface area contributed by atoms with E-state index < -0.39 is 0 Å². The molecule has 216 valence electrons. The highest BCUT2D eigenvalue weighted by molar-refractivity contribution is 5.85. The molecule has 0 bridgehead atoms. The number of nitrogens with two attached hydrogens (primary N) is 1. The zero-order valence-corrected chi connectivity index (χ0v) is 26.4. The highest BCUT2D eigenvalue weighted by Crippen LogP contribution is 2.27. The summed E-state index contributed by atoms with van der Waals surface area (Å²) in [5.74, 6) is 0. The molecule has 0 amide bonds. The van der Waals surface area contributed by atoms with Crippen molar-refractivity contribution >= 4 is 12.4 Å². The molecular formula is C33H72ClN. The van der Waals surface area contributed by atoms with Crippen molar-refractivity contribution in [2.75, 3.05) is 6.54 Å². The molecule has 0 atom stereocenters. The summed E-state index contributed by atoms with van der Waals surface area (Å²) in [4.78, 5) is 0. The van der Waals surface area contributed by atoms with Crippen LogP contribution in [0.3, 0.4) is 0 Å². The maximum atomic E-state index is 5.47. The standard InChI is InChI=1S/C17H36.C16H35N.ClH/c1-5-7-8-9-10-11-12-13-14-15-16-17(3,4)6-2;1-2-3-4-5-6-7-8-9-10-11-12-13-14-15-16-17;/h5-16H2,1-4H3;2-17H2,1H3;1H. The first kappa shape index (κ1) is 39.8. The van der Waals surface area contributed by atoms with E-state index in [4.69, 9.17) is 5.73 Å². The normalized spacial score (nSPS) is 11.1. The molecule has 0 radical (unpaired) electrons. The molecule has 0 aromatic rings. The van der Waals surface area contributed by atoms with Gasteiger partial charge in [-0.05, 0) is 24.8 Å². The minimum Gasteiger partial charge on any atom is -0.330 e. The van der Waals surface area contributed by atoms with Crippen LogP contribution in [0.2, 0.25) is 0 Å². The summed E-state index contributed by atoms with van der Waals surface area (Å²) in [7, 11) is 0. The molecule has 0 fully saturated rings. The molecule has 0 spiro atoms. The molecule has 0 saturated carbocycles. The monoisotopic (exact) mass is 518 g/mol. The van der Waals surface area contributed by atoms with Gasteiger partial charge in [-0.2, -0.15) is 0 Å². The van der Waals surface area contributed by atoms with Crippen molar-refractivity contribution in [3.8, 4) is 0 Å². The lowest BCUT2D eigenvalue weighted by Crippen LogP contribution is -2.08. The zero-order chi connectivity index (χ0) is 25.6. The molecule has 2 N–H and O–H groups in total. The summed E-state index contributed by atoms with van der Waals surface area (Å²) in [6.45, 7) is 12.6. The Balaban J connectivity index is -0.000000569. The molecule has 1 nitrogen and oxygen atoms in total. The summed E-state index contributed by atoms with van der Waals surface area (Å²) in [6.07, 6.45) is 37.1. The fourth-order valence-corrected chi connectivity index (χ4v) is 4.61. The molecular weight excluding hydrogens is 446 g/mol. The van der Waals surface area contributed by atoms with Gasteiger partial charge in [0.2, 0.25) is 0 Å². The van der Waals surface area contributed by atoms with Crippen molar-refractivity contribution < 1.29 is 0 Å². The Labute approximate surface area is 231 Å². The van der Waals surface area contributed by atoms with Crippen molar-refractivity contribution in [2.45, 2.75) is 202 Å². The van der Waals surface area contributed by atoms with Crippen LogP contribution in [0.15, 0.2) is 0 Å². The largest absolute Gasteiger partial charge is 0.330 e. The first-order valence-corrected chi connectivity index (χ1v) is 16.2. The Morgan fingerprint density at radius 3 is 0.914 bits per heavy atom. The third kappa shape index (κ3) is 38.9. The summed E-state index contributed by atoms with van der Waals surface area (Å²) in [5, 5.41) is 0. The Kier molecular flexibility index (Phi) is 38.9. The van der Waals surface area contributed by atoms with E-state index in [0.29, 0.717) is 5.41 Å². The lowest BCUT2D eigenvalue weighted by molar-refractivity contribution is 0.307. The average Bonchev–Trinajstić information content (AvgIpc) is 2.83. The molecule has 0 aromatic heterocycles. The van der Waals surface area contributed by atoms with E-state index in [2.05, 4.69) is 34.6 Å². The van der Waals surface area contributed by atoms with Gasteiger partial charge in [-0.15, -0.1) is 12.4 Å². The second kappa shape index (κ2) is 34.2. The van der Waals surface area contributed by atoms with Gasteiger partial charge in [-0.3, -0.25) is 0 Å². The molecule has 0 aliphatic carbocycles. The first-order valence-electron chi connectivity index (χ1n) is 16.2. The van der Waals surface area contributed by atoms with E-state index >= 15 is 0 Å². The number of hydrogen-bond acceptors (Lipinski definition) is 1. The van der Waals surface area contributed by atoms with Crippen LogP contribution < -0.4 is 5.73 Å². The Morgan fingerprint density at radius 1 is 0.400 bits per heavy atom. The lowest BCUT2D eigenvalue weighted by Gasteiger charge is -2.22. The van der Waals surface area contributed by atoms with E-state index in [1.807, 2.05) is 0 Å². The lowest BCUT2D eigenvalue weighted by atomic mass is 9.84. The van der Waals surface area contributed by atoms with Crippen LogP contribution in [0.4, 0.5) is 0 Å². The van der Waals surface area contributed by atoms with Gasteiger partial charge in [0.05, 0.1) is 0 Å². The van der Waals surface area contributed by atoms with Gasteiger partial charge in [0.1, 0.15) is 0 Å². The van der Waals surface area contributed by atoms with Gasteiger partial charge in [-0.1, -0.05) is 189 Å². The molecule has 2 heteroatoms. The van der Waals surface area contributed by atoms with E-state index in [-0.39, 0.29) is 12.4 Å². The average molecular weight is 518 g/mol. The number of unbranched alkanes of at least 4 members (excludes halogenated alkanes) is 22. The second-order valence-corrected chi connectivity index (χ2v) is 11.8. The van der Waals surface area contributed by atoms with Crippen molar-refractivity contribution in [1.82, 2.24) is 0 Å². The fourth-order valence-electron chi connectivity index (χ4n) is 4.61. The highest BCUT2D eigenvalue weighted by Gasteiger charge is 2.13. The first-order chi connectivity index (χ1) is 16.5. The molecule has 0 aromatic carbocycles. The van der Waals surface area contributed by atoms with Crippen LogP contribution in [-0.2, 0) is 0 Å². The Morgan fingerprint density at radius 2 is 0.657 bits per heavy atom. The Bertz CT molecular complexity index is 328. The SMILES string of the molecule is CCCCCCCCCCCCC(C)(C)CC.CCCCCCCCCCCCCCCCN.Cl. The number of rotatable bonds is 26. The third-order valence-electron chi connectivity index (χ3n) is 7.72. The molecule has 0 saturated heterocycles. The summed E-state index contributed by atoms with van der Waals surface area (Å²) in [6, 6.07) is 0. The summed E-state index contributed by atoms with van der Waals surface area (Å²) >= 11 is 0. The van der Waals surface area contributed by atoms with Crippen molar-refractivity contribution in [3.63, 3.8) is 0 Å². The molecule has 35 heavy (non-hydrogen) atoms. The quantitative estimate of drug-likeness (QED) is 0.113. The van der Waals surface area contributed by atoms with Crippen LogP contribution >= 0.6 is 12.4 Å². The van der Waals surface area contributed by atoms with Crippen LogP contribution in [0, 0.1) is 5.41 Å². The molecule has 0 heterocycles. The van der Waals surface area contributed by atoms with Crippen molar-refractivity contribution in [1.29, 1.82) is 0 Å². The van der Waals surface area contributed by atoms with Crippen molar-refractivity contribution in [3.05, 3.63) is 0 Å². The van der Waals surface area contributed by atoms with Gasteiger partial charge in [0.25, 0.3) is 0 Å².